The van der Waals surface area contributed by atoms with Gasteiger partial charge < -0.3 is 9.47 Å². The van der Waals surface area contributed by atoms with Gasteiger partial charge in [-0.15, -0.1) is 0 Å². The highest BCUT2D eigenvalue weighted by Gasteiger charge is 2.61. The molecule has 6 nitrogen and oxygen atoms in total. The summed E-state index contributed by atoms with van der Waals surface area (Å²) in [7, 11) is 0. The number of rotatable bonds is 7. The van der Waals surface area contributed by atoms with Crippen LogP contribution in [-0.2, 0) is 16.2 Å². The van der Waals surface area contributed by atoms with E-state index in [1.807, 2.05) is 61.5 Å². The third kappa shape index (κ3) is 4.13. The first-order valence-electron chi connectivity index (χ1n) is 13.8. The van der Waals surface area contributed by atoms with Crippen LogP contribution >= 0.6 is 11.6 Å². The third-order valence-corrected chi connectivity index (χ3v) is 8.72. The molecule has 0 saturated carbocycles. The number of benzene rings is 4. The maximum atomic E-state index is 13.8. The summed E-state index contributed by atoms with van der Waals surface area (Å²) in [5.41, 5.74) is 6.10. The number of carbonyl (C=O) groups excluding carboxylic acids is 2. The fourth-order valence-corrected chi connectivity index (χ4v) is 6.85. The normalized spacial score (nSPS) is 22.0. The zero-order valence-corrected chi connectivity index (χ0v) is 23.1. The van der Waals surface area contributed by atoms with E-state index in [1.54, 1.807) is 12.1 Å². The second kappa shape index (κ2) is 10.2. The molecular weight excluding hydrogens is 536 g/mol. The molecule has 0 radical (unpaired) electrons. The largest absolute Gasteiger partial charge is 0.490 e. The molecule has 2 unspecified atom stereocenters. The van der Waals surface area contributed by atoms with Crippen molar-refractivity contribution in [3.05, 3.63) is 129 Å². The van der Waals surface area contributed by atoms with Gasteiger partial charge in [0.15, 0.2) is 11.5 Å². The lowest BCUT2D eigenvalue weighted by molar-refractivity contribution is -0.139. The Kier molecular flexibility index (Phi) is 6.36. The lowest BCUT2D eigenvalue weighted by atomic mass is 9.55. The van der Waals surface area contributed by atoms with Gasteiger partial charge in [0.05, 0.1) is 24.7 Å². The molecule has 0 aromatic heterocycles. The molecule has 4 aromatic carbocycles. The minimum absolute atomic E-state index is 0.159. The van der Waals surface area contributed by atoms with E-state index in [0.29, 0.717) is 35.3 Å². The molecule has 1 aliphatic heterocycles. The first-order chi connectivity index (χ1) is 20.1. The number of hydrogen-bond acceptors (Lipinski definition) is 5. The van der Waals surface area contributed by atoms with Gasteiger partial charge in [-0.3, -0.25) is 9.59 Å². The number of ether oxygens (including phenoxy) is 2. The van der Waals surface area contributed by atoms with Gasteiger partial charge >= 0.3 is 0 Å². The van der Waals surface area contributed by atoms with E-state index in [4.69, 9.17) is 21.1 Å². The second-order valence-corrected chi connectivity index (χ2v) is 10.9. The molecule has 8 rings (SSSR count). The summed E-state index contributed by atoms with van der Waals surface area (Å²) in [5.74, 6) is -0.639. The molecule has 0 N–H and O–H groups in total. The van der Waals surface area contributed by atoms with Crippen LogP contribution in [-0.4, -0.2) is 29.6 Å². The summed E-state index contributed by atoms with van der Waals surface area (Å²) in [5, 5.41) is 6.15. The molecule has 2 bridgehead atoms. The highest BCUT2D eigenvalue weighted by atomic mass is 35.5. The van der Waals surface area contributed by atoms with Gasteiger partial charge in [0, 0.05) is 22.4 Å². The Labute approximate surface area is 243 Å². The SMILES string of the molecule is CCOc1cc(/C=N/N2C(=O)C3C4c5ccccc5C(c5ccccc54)C3C2=O)ccc1OCc1ccccc1Cl. The van der Waals surface area contributed by atoms with Crippen molar-refractivity contribution in [2.75, 3.05) is 6.61 Å². The van der Waals surface area contributed by atoms with E-state index in [0.717, 1.165) is 32.8 Å². The van der Waals surface area contributed by atoms with E-state index in [1.165, 1.54) is 6.21 Å². The molecule has 1 saturated heterocycles. The Balaban J connectivity index is 1.16. The highest BCUT2D eigenvalue weighted by Crippen LogP contribution is 2.61. The monoisotopic (exact) mass is 562 g/mol. The Morgan fingerprint density at radius 2 is 1.32 bits per heavy atom. The molecule has 204 valence electrons. The van der Waals surface area contributed by atoms with E-state index in [2.05, 4.69) is 29.4 Å². The van der Waals surface area contributed by atoms with Crippen molar-refractivity contribution in [3.8, 4) is 11.5 Å². The van der Waals surface area contributed by atoms with E-state index in [9.17, 15) is 9.59 Å². The summed E-state index contributed by atoms with van der Waals surface area (Å²) in [4.78, 5) is 27.6. The maximum absolute atomic E-state index is 13.8. The van der Waals surface area contributed by atoms with Crippen LogP contribution in [0.1, 0.15) is 52.1 Å². The lowest BCUT2D eigenvalue weighted by Gasteiger charge is -2.45. The Bertz CT molecular complexity index is 1600. The summed E-state index contributed by atoms with van der Waals surface area (Å²) in [6.45, 7) is 2.63. The molecule has 4 aromatic rings. The van der Waals surface area contributed by atoms with Crippen molar-refractivity contribution < 1.29 is 19.1 Å². The Hall–Kier alpha value is -4.42. The highest BCUT2D eigenvalue weighted by molar-refractivity contribution is 6.31. The number of nitrogens with zero attached hydrogens (tertiary/aromatic N) is 2. The molecule has 1 heterocycles. The van der Waals surface area contributed by atoms with Crippen LogP contribution in [0.15, 0.2) is 96.1 Å². The van der Waals surface area contributed by atoms with E-state index in [-0.39, 0.29) is 23.7 Å². The smallest absolute Gasteiger partial charge is 0.254 e. The fraction of sp³-hybridized carbons (Fsp3) is 0.206. The van der Waals surface area contributed by atoms with Crippen LogP contribution in [0, 0.1) is 11.8 Å². The molecule has 3 aliphatic carbocycles. The summed E-state index contributed by atoms with van der Waals surface area (Å²) in [6, 6.07) is 29.3. The van der Waals surface area contributed by atoms with Crippen molar-refractivity contribution in [1.82, 2.24) is 5.01 Å². The first-order valence-corrected chi connectivity index (χ1v) is 14.2. The quantitative estimate of drug-likeness (QED) is 0.189. The van der Waals surface area contributed by atoms with Gasteiger partial charge in [-0.05, 0) is 59.0 Å². The Morgan fingerprint density at radius 1 is 0.756 bits per heavy atom. The number of imide groups is 1. The van der Waals surface area contributed by atoms with Crippen molar-refractivity contribution in [2.24, 2.45) is 16.9 Å². The predicted molar refractivity (Wildman–Crippen MR) is 156 cm³/mol. The number of carbonyl (C=O) groups is 2. The maximum Gasteiger partial charge on any atom is 0.254 e. The van der Waals surface area contributed by atoms with Crippen LogP contribution in [0.25, 0.3) is 0 Å². The number of hydrogen-bond donors (Lipinski definition) is 0. The van der Waals surface area contributed by atoms with Gasteiger partial charge in [0.1, 0.15) is 6.61 Å². The van der Waals surface area contributed by atoms with Crippen LogP contribution in [0.2, 0.25) is 5.02 Å². The predicted octanol–water partition coefficient (Wildman–Crippen LogP) is 6.54. The summed E-state index contributed by atoms with van der Waals surface area (Å²) in [6.07, 6.45) is 1.54. The first kappa shape index (κ1) is 25.5. The molecular formula is C34H27ClN2O4. The molecule has 41 heavy (non-hydrogen) atoms. The number of amides is 2. The molecule has 4 aliphatic rings. The molecule has 2 atom stereocenters. The lowest BCUT2D eigenvalue weighted by Crippen LogP contribution is -2.41. The van der Waals surface area contributed by atoms with Crippen molar-refractivity contribution in [1.29, 1.82) is 0 Å². The van der Waals surface area contributed by atoms with E-state index >= 15 is 0 Å². The molecule has 7 heteroatoms. The van der Waals surface area contributed by atoms with Crippen LogP contribution in [0.5, 0.6) is 11.5 Å². The topological polar surface area (TPSA) is 68.2 Å². The average molecular weight is 563 g/mol. The fourth-order valence-electron chi connectivity index (χ4n) is 6.66. The minimum atomic E-state index is -0.464. The zero-order valence-electron chi connectivity index (χ0n) is 22.4. The van der Waals surface area contributed by atoms with Crippen LogP contribution < -0.4 is 9.47 Å². The van der Waals surface area contributed by atoms with Crippen molar-refractivity contribution in [2.45, 2.75) is 25.4 Å². The van der Waals surface area contributed by atoms with Gasteiger partial charge in [0.2, 0.25) is 0 Å². The summed E-state index contributed by atoms with van der Waals surface area (Å²) < 4.78 is 11.8. The van der Waals surface area contributed by atoms with E-state index < -0.39 is 11.8 Å². The van der Waals surface area contributed by atoms with Crippen LogP contribution in [0.3, 0.4) is 0 Å². The van der Waals surface area contributed by atoms with Gasteiger partial charge in [-0.25, -0.2) is 0 Å². The van der Waals surface area contributed by atoms with Crippen molar-refractivity contribution >= 4 is 29.6 Å². The number of hydrazone groups is 1. The van der Waals surface area contributed by atoms with Gasteiger partial charge in [-0.1, -0.05) is 78.3 Å². The molecule has 2 amide bonds. The van der Waals surface area contributed by atoms with Crippen molar-refractivity contribution in [3.63, 3.8) is 0 Å². The van der Waals surface area contributed by atoms with Gasteiger partial charge in [-0.2, -0.15) is 10.1 Å². The van der Waals surface area contributed by atoms with Gasteiger partial charge in [0.25, 0.3) is 11.8 Å². The standard InChI is InChI=1S/C34H27ClN2O4/c1-2-40-28-17-20(15-16-27(28)41-19-21-9-3-8-14-26(21)35)18-36-37-33(38)31-29-22-10-4-5-11-23(22)30(32(31)34(37)39)25-13-7-6-12-24(25)29/h3-18,29-32H,2,19H2,1H3/b36-18+. The number of halogens is 1. The Morgan fingerprint density at radius 3 is 1.88 bits per heavy atom. The van der Waals surface area contributed by atoms with Crippen LogP contribution in [0.4, 0.5) is 0 Å². The average Bonchev–Trinajstić information content (AvgIpc) is 3.26. The second-order valence-electron chi connectivity index (χ2n) is 10.5. The summed E-state index contributed by atoms with van der Waals surface area (Å²) >= 11 is 6.28. The molecule has 0 spiro atoms. The third-order valence-electron chi connectivity index (χ3n) is 8.36. The zero-order chi connectivity index (χ0) is 28.1. The minimum Gasteiger partial charge on any atom is -0.490 e. The molecule has 1 fully saturated rings.